The van der Waals surface area contributed by atoms with Gasteiger partial charge in [-0.2, -0.15) is 4.72 Å². The summed E-state index contributed by atoms with van der Waals surface area (Å²) in [4.78, 5) is 0.0863. The Morgan fingerprint density at radius 1 is 1.53 bits per heavy atom. The number of nitrogens with two attached hydrogens (primary N) is 1. The molecular formula is C12H17FN2O2S2. The lowest BCUT2D eigenvalue weighted by Gasteiger charge is -2.28. The first kappa shape index (κ1) is 16.0. The molecule has 0 radical (unpaired) electrons. The number of benzene rings is 1. The molecule has 0 amide bonds. The normalized spacial score (nSPS) is 14.9. The van der Waals surface area contributed by atoms with E-state index in [2.05, 4.69) is 4.72 Å². The molecule has 0 aliphatic heterocycles. The average Bonchev–Trinajstić information content (AvgIpc) is 2.27. The molecule has 0 saturated heterocycles. The number of nitrogens with one attached hydrogen (secondary N) is 1. The minimum atomic E-state index is -3.81. The van der Waals surface area contributed by atoms with E-state index in [0.717, 1.165) is 6.07 Å². The van der Waals surface area contributed by atoms with E-state index in [1.807, 2.05) is 0 Å². The molecule has 19 heavy (non-hydrogen) atoms. The van der Waals surface area contributed by atoms with E-state index in [1.165, 1.54) is 19.1 Å². The van der Waals surface area contributed by atoms with Crippen molar-refractivity contribution in [2.45, 2.75) is 37.6 Å². The van der Waals surface area contributed by atoms with Crippen LogP contribution in [0.25, 0.3) is 0 Å². The highest BCUT2D eigenvalue weighted by Gasteiger charge is 2.32. The van der Waals surface area contributed by atoms with Gasteiger partial charge < -0.3 is 5.73 Å². The van der Waals surface area contributed by atoms with Crippen LogP contribution in [0.2, 0.25) is 0 Å². The van der Waals surface area contributed by atoms with Gasteiger partial charge in [-0.25, -0.2) is 12.8 Å². The summed E-state index contributed by atoms with van der Waals surface area (Å²) in [5, 5.41) is 0. The summed E-state index contributed by atoms with van der Waals surface area (Å²) in [5.74, 6) is -0.482. The zero-order valence-electron chi connectivity index (χ0n) is 11.0. The SMILES string of the molecule is CCC(C)(NS(=O)(=O)c1ccc(F)cc1C)C(N)=S. The third-order valence-electron chi connectivity index (χ3n) is 3.04. The van der Waals surface area contributed by atoms with E-state index in [9.17, 15) is 12.8 Å². The topological polar surface area (TPSA) is 72.2 Å². The smallest absolute Gasteiger partial charge is 0.241 e. The molecule has 3 N–H and O–H groups in total. The van der Waals surface area contributed by atoms with Gasteiger partial charge in [0.2, 0.25) is 10.0 Å². The van der Waals surface area contributed by atoms with Crippen molar-refractivity contribution < 1.29 is 12.8 Å². The van der Waals surface area contributed by atoms with Gasteiger partial charge in [-0.3, -0.25) is 0 Å². The maximum atomic E-state index is 13.0. The first-order valence-corrected chi connectivity index (χ1v) is 7.61. The van der Waals surface area contributed by atoms with Crippen LogP contribution in [0.1, 0.15) is 25.8 Å². The molecule has 1 rings (SSSR count). The minimum absolute atomic E-state index is 0.0184. The van der Waals surface area contributed by atoms with Gasteiger partial charge >= 0.3 is 0 Å². The van der Waals surface area contributed by atoms with Gasteiger partial charge in [-0.05, 0) is 44.0 Å². The predicted octanol–water partition coefficient (Wildman–Crippen LogP) is 1.87. The summed E-state index contributed by atoms with van der Waals surface area (Å²) in [6, 6.07) is 3.49. The van der Waals surface area contributed by atoms with E-state index in [-0.39, 0.29) is 9.88 Å². The van der Waals surface area contributed by atoms with Gasteiger partial charge in [-0.15, -0.1) is 0 Å². The van der Waals surface area contributed by atoms with Crippen molar-refractivity contribution in [2.24, 2.45) is 5.73 Å². The third kappa shape index (κ3) is 3.49. The van der Waals surface area contributed by atoms with Crippen LogP contribution in [-0.2, 0) is 10.0 Å². The van der Waals surface area contributed by atoms with Gasteiger partial charge in [0.15, 0.2) is 0 Å². The molecule has 0 bridgehead atoms. The van der Waals surface area contributed by atoms with Crippen LogP contribution < -0.4 is 10.5 Å². The van der Waals surface area contributed by atoms with Crippen molar-refractivity contribution in [1.82, 2.24) is 4.72 Å². The van der Waals surface area contributed by atoms with E-state index in [4.69, 9.17) is 18.0 Å². The first-order chi connectivity index (χ1) is 8.62. The van der Waals surface area contributed by atoms with Crippen LogP contribution >= 0.6 is 12.2 Å². The minimum Gasteiger partial charge on any atom is -0.392 e. The molecule has 4 nitrogen and oxygen atoms in total. The number of aryl methyl sites for hydroxylation is 1. The summed E-state index contributed by atoms with van der Waals surface area (Å²) in [6.45, 7) is 4.92. The Hall–Kier alpha value is -1.05. The van der Waals surface area contributed by atoms with Crippen molar-refractivity contribution in [1.29, 1.82) is 0 Å². The first-order valence-electron chi connectivity index (χ1n) is 5.72. The van der Waals surface area contributed by atoms with E-state index in [0.29, 0.717) is 12.0 Å². The van der Waals surface area contributed by atoms with Gasteiger partial charge in [0.1, 0.15) is 5.82 Å². The highest BCUT2D eigenvalue weighted by Crippen LogP contribution is 2.20. The van der Waals surface area contributed by atoms with Crippen molar-refractivity contribution >= 4 is 27.2 Å². The van der Waals surface area contributed by atoms with Crippen LogP contribution in [-0.4, -0.2) is 18.9 Å². The summed E-state index contributed by atoms with van der Waals surface area (Å²) in [7, 11) is -3.81. The second-order valence-electron chi connectivity index (χ2n) is 4.57. The van der Waals surface area contributed by atoms with E-state index >= 15 is 0 Å². The predicted molar refractivity (Wildman–Crippen MR) is 76.9 cm³/mol. The number of hydrogen-bond donors (Lipinski definition) is 2. The van der Waals surface area contributed by atoms with Crippen LogP contribution in [0.3, 0.4) is 0 Å². The summed E-state index contributed by atoms with van der Waals surface area (Å²) in [5.41, 5.74) is 4.90. The van der Waals surface area contributed by atoms with Gasteiger partial charge in [0, 0.05) is 0 Å². The van der Waals surface area contributed by atoms with Crippen LogP contribution in [0.5, 0.6) is 0 Å². The molecule has 106 valence electrons. The highest BCUT2D eigenvalue weighted by molar-refractivity contribution is 7.89. The number of hydrogen-bond acceptors (Lipinski definition) is 3. The summed E-state index contributed by atoms with van der Waals surface area (Å²) >= 11 is 4.89. The van der Waals surface area contributed by atoms with E-state index in [1.54, 1.807) is 13.8 Å². The monoisotopic (exact) mass is 304 g/mol. The Labute approximate surface area is 118 Å². The number of rotatable bonds is 5. The lowest BCUT2D eigenvalue weighted by atomic mass is 10.0. The quantitative estimate of drug-likeness (QED) is 0.815. The zero-order chi connectivity index (χ0) is 14.8. The standard InChI is InChI=1S/C12H17FN2O2S2/c1-4-12(3,11(14)18)15-19(16,17)10-6-5-9(13)7-8(10)2/h5-7,15H,4H2,1-3H3,(H2,14,18). The average molecular weight is 304 g/mol. The second-order valence-corrected chi connectivity index (χ2v) is 6.66. The molecule has 1 atom stereocenters. The fourth-order valence-corrected chi connectivity index (χ4v) is 3.51. The van der Waals surface area contributed by atoms with Crippen LogP contribution in [0, 0.1) is 12.7 Å². The zero-order valence-corrected chi connectivity index (χ0v) is 12.7. The summed E-state index contributed by atoms with van der Waals surface area (Å²) < 4.78 is 40.1. The molecule has 0 aliphatic rings. The molecule has 0 aliphatic carbocycles. The lowest BCUT2D eigenvalue weighted by molar-refractivity contribution is 0.511. The van der Waals surface area contributed by atoms with Crippen LogP contribution in [0.15, 0.2) is 23.1 Å². The Morgan fingerprint density at radius 2 is 2.11 bits per heavy atom. The molecule has 0 saturated carbocycles. The maximum absolute atomic E-state index is 13.0. The van der Waals surface area contributed by atoms with Crippen molar-refractivity contribution in [2.75, 3.05) is 0 Å². The molecule has 1 aromatic carbocycles. The molecule has 7 heteroatoms. The van der Waals surface area contributed by atoms with Crippen molar-refractivity contribution in [3.8, 4) is 0 Å². The van der Waals surface area contributed by atoms with Crippen molar-refractivity contribution in [3.63, 3.8) is 0 Å². The number of halogens is 1. The second kappa shape index (κ2) is 5.52. The Kier molecular flexibility index (Phi) is 4.65. The molecule has 0 aromatic heterocycles. The number of thiocarbonyl (C=S) groups is 1. The number of sulfonamides is 1. The van der Waals surface area contributed by atoms with Gasteiger partial charge in [0.25, 0.3) is 0 Å². The molecule has 1 aromatic rings. The fourth-order valence-electron chi connectivity index (χ4n) is 1.56. The Bertz CT molecular complexity index is 602. The molecule has 0 spiro atoms. The lowest BCUT2D eigenvalue weighted by Crippen LogP contribution is -2.53. The highest BCUT2D eigenvalue weighted by atomic mass is 32.2. The largest absolute Gasteiger partial charge is 0.392 e. The maximum Gasteiger partial charge on any atom is 0.241 e. The summed E-state index contributed by atoms with van der Waals surface area (Å²) in [6.07, 6.45) is 0.418. The fraction of sp³-hybridized carbons (Fsp3) is 0.417. The Morgan fingerprint density at radius 3 is 2.53 bits per heavy atom. The molecule has 0 fully saturated rings. The molecule has 1 unspecified atom stereocenters. The van der Waals surface area contributed by atoms with Gasteiger partial charge in [-0.1, -0.05) is 19.1 Å². The molecular weight excluding hydrogens is 287 g/mol. The van der Waals surface area contributed by atoms with Crippen LogP contribution in [0.4, 0.5) is 4.39 Å². The third-order valence-corrected chi connectivity index (χ3v) is 5.24. The van der Waals surface area contributed by atoms with Crippen molar-refractivity contribution in [3.05, 3.63) is 29.6 Å². The van der Waals surface area contributed by atoms with E-state index < -0.39 is 21.4 Å². The molecule has 0 heterocycles. The Balaban J connectivity index is 3.22. The van der Waals surface area contributed by atoms with Gasteiger partial charge in [0.05, 0.1) is 15.4 Å².